The summed E-state index contributed by atoms with van der Waals surface area (Å²) in [5, 5.41) is 19.5. The van der Waals surface area contributed by atoms with Crippen molar-refractivity contribution in [3.8, 4) is 0 Å². The molecule has 0 aliphatic heterocycles. The van der Waals surface area contributed by atoms with E-state index < -0.39 is 34.9 Å². The lowest BCUT2D eigenvalue weighted by molar-refractivity contribution is -0.385. The Bertz CT molecular complexity index is 531. The first kappa shape index (κ1) is 15.7. The summed E-state index contributed by atoms with van der Waals surface area (Å²) in [6, 6.07) is 2.85. The van der Waals surface area contributed by atoms with Crippen LogP contribution in [-0.2, 0) is 0 Å². The van der Waals surface area contributed by atoms with Crippen molar-refractivity contribution in [2.24, 2.45) is 0 Å². The molecule has 0 heterocycles. The molecule has 1 N–H and O–H groups in total. The highest BCUT2D eigenvalue weighted by molar-refractivity contribution is 5.93. The van der Waals surface area contributed by atoms with Gasteiger partial charge >= 0.3 is 12.1 Å². The third-order valence-corrected chi connectivity index (χ3v) is 2.52. The standard InChI is InChI=1S/C11H11F3N2O4/c1-2-15(6-11(12,13)14)7-3-4-9(16(19)20)8(5-7)10(17)18/h3-5H,2,6H2,1H3,(H,17,18). The Labute approximate surface area is 111 Å². The molecule has 0 unspecified atom stereocenters. The molecule has 0 bridgehead atoms. The summed E-state index contributed by atoms with van der Waals surface area (Å²) in [5.74, 6) is -1.57. The third kappa shape index (κ3) is 3.84. The van der Waals surface area contributed by atoms with Gasteiger partial charge in [0.2, 0.25) is 0 Å². The van der Waals surface area contributed by atoms with Gasteiger partial charge in [-0.15, -0.1) is 0 Å². The zero-order chi connectivity index (χ0) is 15.5. The number of nitro groups is 1. The number of nitro benzene ring substituents is 1. The topological polar surface area (TPSA) is 83.7 Å². The van der Waals surface area contributed by atoms with Crippen LogP contribution in [0.2, 0.25) is 0 Å². The Hall–Kier alpha value is -2.32. The molecule has 1 aromatic rings. The molecular formula is C11H11F3N2O4. The summed E-state index contributed by atoms with van der Waals surface area (Å²) in [5.41, 5.74) is -1.34. The number of rotatable bonds is 5. The van der Waals surface area contributed by atoms with Gasteiger partial charge in [-0.1, -0.05) is 0 Å². The lowest BCUT2D eigenvalue weighted by Gasteiger charge is -2.24. The van der Waals surface area contributed by atoms with Crippen molar-refractivity contribution in [3.05, 3.63) is 33.9 Å². The van der Waals surface area contributed by atoms with Crippen LogP contribution in [0.25, 0.3) is 0 Å². The van der Waals surface area contributed by atoms with Crippen molar-refractivity contribution in [1.82, 2.24) is 0 Å². The van der Waals surface area contributed by atoms with Crippen LogP contribution in [0.4, 0.5) is 24.5 Å². The van der Waals surface area contributed by atoms with E-state index in [-0.39, 0.29) is 12.2 Å². The Morgan fingerprint density at radius 2 is 2.05 bits per heavy atom. The van der Waals surface area contributed by atoms with Crippen molar-refractivity contribution >= 4 is 17.3 Å². The Morgan fingerprint density at radius 1 is 1.45 bits per heavy atom. The summed E-state index contributed by atoms with van der Waals surface area (Å²) < 4.78 is 37.1. The molecule has 9 heteroatoms. The van der Waals surface area contributed by atoms with E-state index >= 15 is 0 Å². The minimum absolute atomic E-state index is 0.0175. The van der Waals surface area contributed by atoms with Gasteiger partial charge < -0.3 is 10.0 Å². The first-order valence-corrected chi connectivity index (χ1v) is 5.49. The van der Waals surface area contributed by atoms with Crippen LogP contribution in [0, 0.1) is 10.1 Å². The first-order chi connectivity index (χ1) is 9.15. The van der Waals surface area contributed by atoms with Crippen molar-refractivity contribution in [3.63, 3.8) is 0 Å². The fourth-order valence-electron chi connectivity index (χ4n) is 1.65. The fourth-order valence-corrected chi connectivity index (χ4v) is 1.65. The van der Waals surface area contributed by atoms with Gasteiger partial charge in [0.05, 0.1) is 4.92 Å². The van der Waals surface area contributed by atoms with Gasteiger partial charge in [0, 0.05) is 18.3 Å². The SMILES string of the molecule is CCN(CC(F)(F)F)c1ccc([N+](=O)[O-])c(C(=O)O)c1. The smallest absolute Gasteiger partial charge is 0.405 e. The van der Waals surface area contributed by atoms with Gasteiger partial charge in [0.1, 0.15) is 12.1 Å². The van der Waals surface area contributed by atoms with Gasteiger partial charge in [-0.25, -0.2) is 4.79 Å². The summed E-state index contributed by atoms with van der Waals surface area (Å²) in [4.78, 5) is 21.6. The number of aromatic carboxylic acids is 1. The molecule has 0 fully saturated rings. The molecule has 0 spiro atoms. The van der Waals surface area contributed by atoms with E-state index in [1.54, 1.807) is 0 Å². The molecule has 0 atom stereocenters. The molecule has 0 saturated carbocycles. The highest BCUT2D eigenvalue weighted by atomic mass is 19.4. The number of carbonyl (C=O) groups is 1. The average molecular weight is 292 g/mol. The largest absolute Gasteiger partial charge is 0.477 e. The van der Waals surface area contributed by atoms with Crippen molar-refractivity contribution in [1.29, 1.82) is 0 Å². The molecule has 0 aromatic heterocycles. The molecule has 1 aromatic carbocycles. The second kappa shape index (κ2) is 5.76. The van der Waals surface area contributed by atoms with Crippen LogP contribution in [0.5, 0.6) is 0 Å². The van der Waals surface area contributed by atoms with E-state index in [9.17, 15) is 28.1 Å². The van der Waals surface area contributed by atoms with E-state index in [1.165, 1.54) is 6.92 Å². The van der Waals surface area contributed by atoms with Crippen LogP contribution in [0.1, 0.15) is 17.3 Å². The maximum Gasteiger partial charge on any atom is 0.405 e. The van der Waals surface area contributed by atoms with E-state index in [0.717, 1.165) is 23.1 Å². The van der Waals surface area contributed by atoms with E-state index in [4.69, 9.17) is 5.11 Å². The van der Waals surface area contributed by atoms with Crippen LogP contribution in [0.3, 0.4) is 0 Å². The Balaban J connectivity index is 3.22. The molecule has 0 aliphatic carbocycles. The highest BCUT2D eigenvalue weighted by Crippen LogP contribution is 2.27. The van der Waals surface area contributed by atoms with Gasteiger partial charge in [0.15, 0.2) is 0 Å². The van der Waals surface area contributed by atoms with Crippen molar-refractivity contribution in [2.75, 3.05) is 18.0 Å². The average Bonchev–Trinajstić information content (AvgIpc) is 2.33. The number of carboxylic acid groups (broad SMARTS) is 1. The quantitative estimate of drug-likeness (QED) is 0.666. The highest BCUT2D eigenvalue weighted by Gasteiger charge is 2.31. The monoisotopic (exact) mass is 292 g/mol. The molecule has 0 saturated heterocycles. The van der Waals surface area contributed by atoms with Crippen molar-refractivity contribution in [2.45, 2.75) is 13.1 Å². The second-order valence-corrected chi connectivity index (χ2v) is 3.89. The minimum atomic E-state index is -4.46. The maximum atomic E-state index is 12.4. The van der Waals surface area contributed by atoms with Gasteiger partial charge in [-0.3, -0.25) is 10.1 Å². The maximum absolute atomic E-state index is 12.4. The second-order valence-electron chi connectivity index (χ2n) is 3.89. The number of nitrogens with zero attached hydrogens (tertiary/aromatic N) is 2. The van der Waals surface area contributed by atoms with Crippen molar-refractivity contribution < 1.29 is 28.0 Å². The molecule has 20 heavy (non-hydrogen) atoms. The van der Waals surface area contributed by atoms with E-state index in [0.29, 0.717) is 0 Å². The predicted octanol–water partition coefficient (Wildman–Crippen LogP) is 2.68. The first-order valence-electron chi connectivity index (χ1n) is 5.49. The Morgan fingerprint density at radius 3 is 2.45 bits per heavy atom. The number of hydrogen-bond donors (Lipinski definition) is 1. The molecule has 0 radical (unpaired) electrons. The summed E-state index contributed by atoms with van der Waals surface area (Å²) in [6.07, 6.45) is -4.46. The molecule has 0 aliphatic rings. The number of hydrogen-bond acceptors (Lipinski definition) is 4. The molecule has 6 nitrogen and oxygen atoms in total. The lowest BCUT2D eigenvalue weighted by Crippen LogP contribution is -2.34. The third-order valence-electron chi connectivity index (χ3n) is 2.52. The molecular weight excluding hydrogens is 281 g/mol. The van der Waals surface area contributed by atoms with E-state index in [1.807, 2.05) is 0 Å². The summed E-state index contributed by atoms with van der Waals surface area (Å²) in [7, 11) is 0. The van der Waals surface area contributed by atoms with Gasteiger partial charge in [-0.05, 0) is 19.1 Å². The lowest BCUT2D eigenvalue weighted by atomic mass is 10.1. The number of anilines is 1. The van der Waals surface area contributed by atoms with E-state index in [2.05, 4.69) is 0 Å². The zero-order valence-electron chi connectivity index (χ0n) is 10.3. The normalized spacial score (nSPS) is 11.2. The predicted molar refractivity (Wildman–Crippen MR) is 64.0 cm³/mol. The fraction of sp³-hybridized carbons (Fsp3) is 0.364. The number of carboxylic acids is 1. The molecule has 110 valence electrons. The van der Waals surface area contributed by atoms with Gasteiger partial charge in [0.25, 0.3) is 5.69 Å². The summed E-state index contributed by atoms with van der Waals surface area (Å²) >= 11 is 0. The Kier molecular flexibility index (Phi) is 4.53. The number of halogens is 3. The van der Waals surface area contributed by atoms with Crippen LogP contribution < -0.4 is 4.90 Å². The van der Waals surface area contributed by atoms with Crippen LogP contribution >= 0.6 is 0 Å². The zero-order valence-corrected chi connectivity index (χ0v) is 10.3. The van der Waals surface area contributed by atoms with Gasteiger partial charge in [-0.2, -0.15) is 13.2 Å². The molecule has 0 amide bonds. The van der Waals surface area contributed by atoms with Crippen LogP contribution in [0.15, 0.2) is 18.2 Å². The molecule has 1 rings (SSSR count). The number of alkyl halides is 3. The van der Waals surface area contributed by atoms with Crippen LogP contribution in [-0.4, -0.2) is 35.3 Å². The number of benzene rings is 1. The minimum Gasteiger partial charge on any atom is -0.477 e. The summed E-state index contributed by atoms with van der Waals surface area (Å²) in [6.45, 7) is 0.185.